The topological polar surface area (TPSA) is 23.5 Å². The number of likely N-dealkylation sites (tertiary alicyclic amines) is 1. The average molecular weight is 273 g/mol. The van der Waals surface area contributed by atoms with Gasteiger partial charge in [-0.15, -0.1) is 0 Å². The largest absolute Gasteiger partial charge is 0.395 e. The molecule has 1 fully saturated rings. The van der Waals surface area contributed by atoms with Gasteiger partial charge in [-0.2, -0.15) is 0 Å². The standard InChI is InChI=1S/C14H18F3NO/c15-12-6-5-10(13(16)14(12)17)8-18-7-3-1-2-4-11(18)9-19/h5-6,11,19H,1-4,7-9H2. The molecule has 1 atom stereocenters. The van der Waals surface area contributed by atoms with Gasteiger partial charge >= 0.3 is 0 Å². The highest BCUT2D eigenvalue weighted by Gasteiger charge is 2.22. The van der Waals surface area contributed by atoms with E-state index in [-0.39, 0.29) is 24.8 Å². The Morgan fingerprint density at radius 3 is 2.63 bits per heavy atom. The molecule has 0 radical (unpaired) electrons. The van der Waals surface area contributed by atoms with E-state index in [1.54, 1.807) is 0 Å². The molecular formula is C14H18F3NO. The molecule has 2 rings (SSSR count). The van der Waals surface area contributed by atoms with Crippen molar-refractivity contribution in [2.24, 2.45) is 0 Å². The van der Waals surface area contributed by atoms with Gasteiger partial charge in [-0.3, -0.25) is 4.90 Å². The van der Waals surface area contributed by atoms with E-state index in [1.165, 1.54) is 6.07 Å². The second-order valence-electron chi connectivity index (χ2n) is 4.99. The SMILES string of the molecule is OCC1CCCCCN1Cc1ccc(F)c(F)c1F. The molecule has 2 nitrogen and oxygen atoms in total. The molecule has 1 N–H and O–H groups in total. The molecule has 1 aromatic rings. The van der Waals surface area contributed by atoms with Crippen molar-refractivity contribution in [3.63, 3.8) is 0 Å². The van der Waals surface area contributed by atoms with E-state index >= 15 is 0 Å². The minimum atomic E-state index is -1.42. The predicted molar refractivity (Wildman–Crippen MR) is 66.1 cm³/mol. The van der Waals surface area contributed by atoms with Gasteiger partial charge in [0.15, 0.2) is 17.5 Å². The summed E-state index contributed by atoms with van der Waals surface area (Å²) in [6, 6.07) is 2.18. The number of halogens is 3. The third kappa shape index (κ3) is 3.28. The van der Waals surface area contributed by atoms with Gasteiger partial charge < -0.3 is 5.11 Å². The minimum absolute atomic E-state index is 0.00525. The summed E-state index contributed by atoms with van der Waals surface area (Å²) in [5, 5.41) is 9.36. The van der Waals surface area contributed by atoms with E-state index < -0.39 is 17.5 Å². The lowest BCUT2D eigenvalue weighted by Crippen LogP contribution is -2.37. The number of benzene rings is 1. The molecule has 1 aliphatic heterocycles. The van der Waals surface area contributed by atoms with E-state index in [4.69, 9.17) is 0 Å². The van der Waals surface area contributed by atoms with Crippen LogP contribution < -0.4 is 0 Å². The molecule has 1 aromatic carbocycles. The summed E-state index contributed by atoms with van der Waals surface area (Å²) in [5.41, 5.74) is 0.138. The number of hydrogen-bond acceptors (Lipinski definition) is 2. The summed E-state index contributed by atoms with van der Waals surface area (Å²) >= 11 is 0. The second-order valence-corrected chi connectivity index (χ2v) is 4.99. The Labute approximate surface area is 110 Å². The van der Waals surface area contributed by atoms with Crippen LogP contribution >= 0.6 is 0 Å². The molecule has 1 aliphatic rings. The lowest BCUT2D eigenvalue weighted by Gasteiger charge is -2.28. The lowest BCUT2D eigenvalue weighted by atomic mass is 10.1. The molecule has 0 amide bonds. The van der Waals surface area contributed by atoms with Crippen LogP contribution in [0.4, 0.5) is 13.2 Å². The first kappa shape index (κ1) is 14.3. The number of hydrogen-bond donors (Lipinski definition) is 1. The quantitative estimate of drug-likeness (QED) is 0.856. The van der Waals surface area contributed by atoms with Crippen molar-refractivity contribution in [1.82, 2.24) is 4.90 Å². The minimum Gasteiger partial charge on any atom is -0.395 e. The van der Waals surface area contributed by atoms with Gasteiger partial charge in [-0.1, -0.05) is 18.9 Å². The zero-order valence-electron chi connectivity index (χ0n) is 10.7. The fourth-order valence-electron chi connectivity index (χ4n) is 2.56. The third-order valence-corrected chi connectivity index (χ3v) is 3.70. The molecular weight excluding hydrogens is 255 g/mol. The Balaban J connectivity index is 2.16. The normalized spacial score (nSPS) is 21.4. The fourth-order valence-corrected chi connectivity index (χ4v) is 2.56. The Morgan fingerprint density at radius 2 is 1.89 bits per heavy atom. The maximum Gasteiger partial charge on any atom is 0.194 e. The van der Waals surface area contributed by atoms with E-state index in [9.17, 15) is 18.3 Å². The molecule has 0 aliphatic carbocycles. The van der Waals surface area contributed by atoms with Crippen LogP contribution in [0.25, 0.3) is 0 Å². The van der Waals surface area contributed by atoms with Crippen molar-refractivity contribution < 1.29 is 18.3 Å². The van der Waals surface area contributed by atoms with Gasteiger partial charge in [-0.05, 0) is 25.5 Å². The summed E-state index contributed by atoms with van der Waals surface area (Å²) < 4.78 is 39.7. The lowest BCUT2D eigenvalue weighted by molar-refractivity contribution is 0.117. The highest BCUT2D eigenvalue weighted by atomic mass is 19.2. The van der Waals surface area contributed by atoms with Crippen molar-refractivity contribution in [2.75, 3.05) is 13.2 Å². The van der Waals surface area contributed by atoms with Gasteiger partial charge in [0.1, 0.15) is 0 Å². The van der Waals surface area contributed by atoms with Crippen LogP contribution in [-0.2, 0) is 6.54 Å². The zero-order chi connectivity index (χ0) is 13.8. The van der Waals surface area contributed by atoms with Crippen molar-refractivity contribution >= 4 is 0 Å². The van der Waals surface area contributed by atoms with E-state index in [2.05, 4.69) is 0 Å². The Kier molecular flexibility index (Phi) is 4.82. The van der Waals surface area contributed by atoms with Crippen molar-refractivity contribution in [3.8, 4) is 0 Å². The number of rotatable bonds is 3. The van der Waals surface area contributed by atoms with Crippen LogP contribution in [0.2, 0.25) is 0 Å². The first-order valence-corrected chi connectivity index (χ1v) is 6.60. The summed E-state index contributed by atoms with van der Waals surface area (Å²) in [4.78, 5) is 1.95. The Bertz CT molecular complexity index is 439. The summed E-state index contributed by atoms with van der Waals surface area (Å²) in [7, 11) is 0. The fraction of sp³-hybridized carbons (Fsp3) is 0.571. The van der Waals surface area contributed by atoms with E-state index in [1.807, 2.05) is 4.90 Å². The highest BCUT2D eigenvalue weighted by molar-refractivity contribution is 5.20. The number of aliphatic hydroxyl groups excluding tert-OH is 1. The Morgan fingerprint density at radius 1 is 1.11 bits per heavy atom. The van der Waals surface area contributed by atoms with E-state index in [0.717, 1.165) is 38.3 Å². The zero-order valence-corrected chi connectivity index (χ0v) is 10.7. The van der Waals surface area contributed by atoms with Gasteiger partial charge in [0.05, 0.1) is 6.61 Å². The molecule has 1 saturated heterocycles. The van der Waals surface area contributed by atoms with Gasteiger partial charge in [-0.25, -0.2) is 13.2 Å². The van der Waals surface area contributed by atoms with Gasteiger partial charge in [0.2, 0.25) is 0 Å². The predicted octanol–water partition coefficient (Wildman–Crippen LogP) is 2.84. The molecule has 106 valence electrons. The maximum atomic E-state index is 13.6. The monoisotopic (exact) mass is 273 g/mol. The molecule has 1 heterocycles. The first-order valence-electron chi connectivity index (χ1n) is 6.60. The van der Waals surface area contributed by atoms with Crippen LogP contribution in [-0.4, -0.2) is 29.2 Å². The summed E-state index contributed by atoms with van der Waals surface area (Å²) in [5.74, 6) is -3.72. The van der Waals surface area contributed by atoms with Crippen LogP contribution in [0, 0.1) is 17.5 Å². The number of aliphatic hydroxyl groups is 1. The third-order valence-electron chi connectivity index (χ3n) is 3.70. The molecule has 19 heavy (non-hydrogen) atoms. The molecule has 0 bridgehead atoms. The average Bonchev–Trinajstić information content (AvgIpc) is 2.64. The maximum absolute atomic E-state index is 13.6. The van der Waals surface area contributed by atoms with Crippen molar-refractivity contribution in [3.05, 3.63) is 35.1 Å². The van der Waals surface area contributed by atoms with Crippen LogP contribution in [0.5, 0.6) is 0 Å². The summed E-state index contributed by atoms with van der Waals surface area (Å²) in [6.45, 7) is 0.948. The molecule has 0 saturated carbocycles. The first-order chi connectivity index (χ1) is 9.13. The van der Waals surface area contributed by atoms with Crippen LogP contribution in [0.15, 0.2) is 12.1 Å². The van der Waals surface area contributed by atoms with Crippen molar-refractivity contribution in [2.45, 2.75) is 38.3 Å². The Hall–Kier alpha value is -1.07. The van der Waals surface area contributed by atoms with Crippen molar-refractivity contribution in [1.29, 1.82) is 0 Å². The molecule has 5 heteroatoms. The van der Waals surface area contributed by atoms with Gasteiger partial charge in [0, 0.05) is 18.2 Å². The van der Waals surface area contributed by atoms with Crippen LogP contribution in [0.1, 0.15) is 31.2 Å². The molecule has 0 spiro atoms. The highest BCUT2D eigenvalue weighted by Crippen LogP contribution is 2.22. The smallest absolute Gasteiger partial charge is 0.194 e. The molecule has 1 unspecified atom stereocenters. The summed E-state index contributed by atoms with van der Waals surface area (Å²) in [6.07, 6.45) is 3.93. The van der Waals surface area contributed by atoms with E-state index in [0.29, 0.717) is 0 Å². The van der Waals surface area contributed by atoms with Crippen LogP contribution in [0.3, 0.4) is 0 Å². The van der Waals surface area contributed by atoms with Gasteiger partial charge in [0.25, 0.3) is 0 Å². The molecule has 0 aromatic heterocycles. The number of nitrogens with zero attached hydrogens (tertiary/aromatic N) is 1. The second kappa shape index (κ2) is 6.39.